The van der Waals surface area contributed by atoms with Crippen molar-refractivity contribution in [3.63, 3.8) is 0 Å². The number of benzene rings is 2. The van der Waals surface area contributed by atoms with Crippen LogP contribution in [0.2, 0.25) is 0 Å². The summed E-state index contributed by atoms with van der Waals surface area (Å²) in [5, 5.41) is 0. The molecule has 0 spiro atoms. The van der Waals surface area contributed by atoms with Crippen LogP contribution in [0.25, 0.3) is 0 Å². The Bertz CT molecular complexity index is 587. The van der Waals surface area contributed by atoms with E-state index in [9.17, 15) is 0 Å². The van der Waals surface area contributed by atoms with Crippen LogP contribution in [0.1, 0.15) is 33.9 Å². The lowest BCUT2D eigenvalue weighted by atomic mass is 10.0. The highest BCUT2D eigenvalue weighted by molar-refractivity contribution is 5.41. The quantitative estimate of drug-likeness (QED) is 0.910. The Balaban J connectivity index is 2.26. The zero-order valence-corrected chi connectivity index (χ0v) is 12.7. The smallest absolute Gasteiger partial charge is 0.136 e. The van der Waals surface area contributed by atoms with Crippen LogP contribution in [0.15, 0.2) is 36.4 Å². The second-order valence-corrected chi connectivity index (χ2v) is 5.45. The maximum Gasteiger partial charge on any atom is 0.136 e. The molecule has 0 aliphatic heterocycles. The van der Waals surface area contributed by atoms with E-state index in [1.807, 2.05) is 0 Å². The molecule has 0 fully saturated rings. The van der Waals surface area contributed by atoms with Crippen LogP contribution in [0.5, 0.6) is 5.75 Å². The molecule has 2 rings (SSSR count). The summed E-state index contributed by atoms with van der Waals surface area (Å²) in [6, 6.07) is 12.6. The number of ether oxygens (including phenoxy) is 1. The molecule has 2 heteroatoms. The average Bonchev–Trinajstić information content (AvgIpc) is 2.42. The Labute approximate surface area is 121 Å². The minimum Gasteiger partial charge on any atom is -0.484 e. The molecule has 0 amide bonds. The van der Waals surface area contributed by atoms with Crippen molar-refractivity contribution in [2.45, 2.75) is 33.8 Å². The molecule has 2 nitrogen and oxygen atoms in total. The molecule has 2 N–H and O–H groups in total. The molecule has 1 atom stereocenters. The maximum atomic E-state index is 6.13. The first kappa shape index (κ1) is 14.6. The van der Waals surface area contributed by atoms with E-state index >= 15 is 0 Å². The molecule has 0 aliphatic carbocycles. The van der Waals surface area contributed by atoms with Gasteiger partial charge in [-0.05, 0) is 56.0 Å². The third kappa shape index (κ3) is 3.20. The molecule has 0 saturated carbocycles. The Hall–Kier alpha value is -1.80. The largest absolute Gasteiger partial charge is 0.484 e. The summed E-state index contributed by atoms with van der Waals surface area (Å²) < 4.78 is 6.13. The zero-order chi connectivity index (χ0) is 14.7. The van der Waals surface area contributed by atoms with Crippen LogP contribution in [0, 0.1) is 27.7 Å². The summed E-state index contributed by atoms with van der Waals surface area (Å²) in [7, 11) is 0. The van der Waals surface area contributed by atoms with Crippen LogP contribution in [0.3, 0.4) is 0 Å². The van der Waals surface area contributed by atoms with Crippen molar-refractivity contribution in [1.29, 1.82) is 0 Å². The van der Waals surface area contributed by atoms with Gasteiger partial charge < -0.3 is 10.5 Å². The fourth-order valence-corrected chi connectivity index (χ4v) is 2.25. The number of hydrogen-bond donors (Lipinski definition) is 1. The van der Waals surface area contributed by atoms with Gasteiger partial charge in [0.05, 0.1) is 0 Å². The molecule has 2 aromatic carbocycles. The van der Waals surface area contributed by atoms with Gasteiger partial charge in [0, 0.05) is 6.54 Å². The SMILES string of the molecule is Cc1ccc(C(CN)Oc2cc(C)c(C)cc2C)cc1. The van der Waals surface area contributed by atoms with Crippen molar-refractivity contribution in [1.82, 2.24) is 0 Å². The highest BCUT2D eigenvalue weighted by Crippen LogP contribution is 2.27. The van der Waals surface area contributed by atoms with Gasteiger partial charge in [0.2, 0.25) is 0 Å². The topological polar surface area (TPSA) is 35.2 Å². The van der Waals surface area contributed by atoms with E-state index in [0.717, 1.165) is 16.9 Å². The number of aryl methyl sites for hydroxylation is 4. The molecule has 0 heterocycles. The van der Waals surface area contributed by atoms with Crippen molar-refractivity contribution in [3.8, 4) is 5.75 Å². The summed E-state index contributed by atoms with van der Waals surface area (Å²) in [4.78, 5) is 0. The molecule has 0 saturated heterocycles. The molecule has 1 unspecified atom stereocenters. The van der Waals surface area contributed by atoms with Crippen LogP contribution >= 0.6 is 0 Å². The van der Waals surface area contributed by atoms with Crippen LogP contribution in [0.4, 0.5) is 0 Å². The van der Waals surface area contributed by atoms with Gasteiger partial charge in [-0.3, -0.25) is 0 Å². The van der Waals surface area contributed by atoms with E-state index in [0.29, 0.717) is 6.54 Å². The standard InChI is InChI=1S/C18H23NO/c1-12-5-7-16(8-6-12)18(11-19)20-17-10-14(3)13(2)9-15(17)4/h5-10,18H,11,19H2,1-4H3. The Kier molecular flexibility index (Phi) is 4.46. The van der Waals surface area contributed by atoms with E-state index in [-0.39, 0.29) is 6.10 Å². The van der Waals surface area contributed by atoms with Crippen molar-refractivity contribution < 1.29 is 4.74 Å². The van der Waals surface area contributed by atoms with E-state index < -0.39 is 0 Å². The van der Waals surface area contributed by atoms with Gasteiger partial charge >= 0.3 is 0 Å². The highest BCUT2D eigenvalue weighted by Gasteiger charge is 2.13. The average molecular weight is 269 g/mol. The Morgan fingerprint density at radius 2 is 1.50 bits per heavy atom. The predicted octanol–water partition coefficient (Wildman–Crippen LogP) is 4.00. The summed E-state index contributed by atoms with van der Waals surface area (Å²) in [6.45, 7) is 8.84. The molecule has 0 bridgehead atoms. The maximum absolute atomic E-state index is 6.13. The minimum absolute atomic E-state index is 0.101. The first-order chi connectivity index (χ1) is 9.51. The van der Waals surface area contributed by atoms with Gasteiger partial charge in [0.15, 0.2) is 0 Å². The Morgan fingerprint density at radius 1 is 0.900 bits per heavy atom. The van der Waals surface area contributed by atoms with Crippen molar-refractivity contribution in [2.24, 2.45) is 5.73 Å². The molecular formula is C18H23NO. The van der Waals surface area contributed by atoms with E-state index in [1.165, 1.54) is 16.7 Å². The van der Waals surface area contributed by atoms with E-state index in [1.54, 1.807) is 0 Å². The fraction of sp³-hybridized carbons (Fsp3) is 0.333. The first-order valence-corrected chi connectivity index (χ1v) is 7.02. The van der Waals surface area contributed by atoms with Crippen molar-refractivity contribution in [3.05, 3.63) is 64.2 Å². The fourth-order valence-electron chi connectivity index (χ4n) is 2.25. The second-order valence-electron chi connectivity index (χ2n) is 5.45. The molecule has 0 aromatic heterocycles. The van der Waals surface area contributed by atoms with Gasteiger partial charge in [0.25, 0.3) is 0 Å². The normalized spacial score (nSPS) is 12.2. The van der Waals surface area contributed by atoms with Gasteiger partial charge in [-0.1, -0.05) is 35.9 Å². The van der Waals surface area contributed by atoms with Gasteiger partial charge in [-0.25, -0.2) is 0 Å². The molecule has 20 heavy (non-hydrogen) atoms. The Morgan fingerprint density at radius 3 is 2.10 bits per heavy atom. The van der Waals surface area contributed by atoms with E-state index in [2.05, 4.69) is 64.1 Å². The summed E-state index contributed by atoms with van der Waals surface area (Å²) in [5.74, 6) is 0.920. The second kappa shape index (κ2) is 6.10. The summed E-state index contributed by atoms with van der Waals surface area (Å²) in [5.41, 5.74) is 11.9. The lowest BCUT2D eigenvalue weighted by Gasteiger charge is -2.20. The zero-order valence-electron chi connectivity index (χ0n) is 12.7. The van der Waals surface area contributed by atoms with Gasteiger partial charge in [-0.15, -0.1) is 0 Å². The third-order valence-electron chi connectivity index (χ3n) is 3.72. The number of nitrogens with two attached hydrogens (primary N) is 1. The molecule has 106 valence electrons. The molecular weight excluding hydrogens is 246 g/mol. The minimum atomic E-state index is -0.101. The van der Waals surface area contributed by atoms with Crippen LogP contribution in [-0.2, 0) is 0 Å². The van der Waals surface area contributed by atoms with Gasteiger partial charge in [-0.2, -0.15) is 0 Å². The van der Waals surface area contributed by atoms with Crippen LogP contribution in [-0.4, -0.2) is 6.54 Å². The summed E-state index contributed by atoms with van der Waals surface area (Å²) in [6.07, 6.45) is -0.101. The van der Waals surface area contributed by atoms with E-state index in [4.69, 9.17) is 10.5 Å². The third-order valence-corrected chi connectivity index (χ3v) is 3.72. The summed E-state index contributed by atoms with van der Waals surface area (Å²) >= 11 is 0. The molecule has 2 aromatic rings. The van der Waals surface area contributed by atoms with Crippen molar-refractivity contribution >= 4 is 0 Å². The predicted molar refractivity (Wildman–Crippen MR) is 84.3 cm³/mol. The molecule has 0 radical (unpaired) electrons. The number of hydrogen-bond acceptors (Lipinski definition) is 2. The lowest BCUT2D eigenvalue weighted by Crippen LogP contribution is -2.19. The lowest BCUT2D eigenvalue weighted by molar-refractivity contribution is 0.212. The van der Waals surface area contributed by atoms with Crippen molar-refractivity contribution in [2.75, 3.05) is 6.54 Å². The molecule has 0 aliphatic rings. The van der Waals surface area contributed by atoms with Gasteiger partial charge in [0.1, 0.15) is 11.9 Å². The number of rotatable bonds is 4. The highest BCUT2D eigenvalue weighted by atomic mass is 16.5. The van der Waals surface area contributed by atoms with Crippen LogP contribution < -0.4 is 10.5 Å². The first-order valence-electron chi connectivity index (χ1n) is 7.02. The monoisotopic (exact) mass is 269 g/mol.